The fourth-order valence-electron chi connectivity index (χ4n) is 2.67. The number of hydrogen-bond donors (Lipinski definition) is 3. The van der Waals surface area contributed by atoms with Gasteiger partial charge in [0.25, 0.3) is 15.9 Å². The molecule has 0 aliphatic carbocycles. The van der Waals surface area contributed by atoms with E-state index in [4.69, 9.17) is 5.11 Å². The third kappa shape index (κ3) is 6.41. The first-order valence-electron chi connectivity index (χ1n) is 8.85. The Balaban J connectivity index is 2.45. The second-order valence-electron chi connectivity index (χ2n) is 6.44. The number of carbonyl (C=O) groups excluding carboxylic acids is 2. The lowest BCUT2D eigenvalue weighted by molar-refractivity contribution is -0.147. The Labute approximate surface area is 184 Å². The van der Waals surface area contributed by atoms with Gasteiger partial charge in [0.1, 0.15) is 16.8 Å². The third-order valence-corrected chi connectivity index (χ3v) is 5.55. The number of ether oxygens (including phenoxy) is 1. The Morgan fingerprint density at radius 3 is 2.33 bits per heavy atom. The molecule has 0 fully saturated rings. The Morgan fingerprint density at radius 2 is 1.76 bits per heavy atom. The molecule has 0 radical (unpaired) electrons. The van der Waals surface area contributed by atoms with E-state index < -0.39 is 74.0 Å². The number of rotatable bonds is 8. The average molecular weight is 492 g/mol. The van der Waals surface area contributed by atoms with E-state index in [1.54, 1.807) is 4.72 Å². The van der Waals surface area contributed by atoms with Crippen molar-refractivity contribution in [2.24, 2.45) is 0 Å². The van der Waals surface area contributed by atoms with Crippen molar-refractivity contribution in [3.05, 3.63) is 59.4 Å². The van der Waals surface area contributed by atoms with Gasteiger partial charge in [-0.1, -0.05) is 12.1 Å². The highest BCUT2D eigenvalue weighted by Crippen LogP contribution is 2.36. The van der Waals surface area contributed by atoms with Gasteiger partial charge in [-0.05, 0) is 30.3 Å². The Bertz CT molecular complexity index is 1180. The summed E-state index contributed by atoms with van der Waals surface area (Å²) in [6.07, 6.45) is -5.97. The monoisotopic (exact) mass is 492 g/mol. The van der Waals surface area contributed by atoms with Gasteiger partial charge in [-0.3, -0.25) is 14.3 Å². The van der Waals surface area contributed by atoms with E-state index in [0.29, 0.717) is 12.1 Å². The second-order valence-corrected chi connectivity index (χ2v) is 8.09. The highest BCUT2D eigenvalue weighted by Gasteiger charge is 2.36. The van der Waals surface area contributed by atoms with Crippen LogP contribution in [-0.2, 0) is 30.5 Å². The summed E-state index contributed by atoms with van der Waals surface area (Å²) in [5.41, 5.74) is -3.18. The van der Waals surface area contributed by atoms with E-state index in [1.165, 1.54) is 12.1 Å². The first-order valence-corrected chi connectivity index (χ1v) is 10.3. The maximum Gasteiger partial charge on any atom is 0.418 e. The number of carboxylic acids is 1. The number of carbonyl (C=O) groups is 3. The molecule has 0 aliphatic rings. The second kappa shape index (κ2) is 9.85. The highest BCUT2D eigenvalue weighted by molar-refractivity contribution is 7.92. The SMILES string of the molecule is COC(=O)C(CC(=O)O)NC(=O)c1ccccc1S(=O)(=O)Nc1ccc(F)cc1C(F)(F)F. The van der Waals surface area contributed by atoms with Crippen molar-refractivity contribution in [1.29, 1.82) is 0 Å². The van der Waals surface area contributed by atoms with Gasteiger partial charge < -0.3 is 15.2 Å². The van der Waals surface area contributed by atoms with E-state index in [2.05, 4.69) is 4.74 Å². The van der Waals surface area contributed by atoms with Gasteiger partial charge in [0.2, 0.25) is 0 Å². The predicted molar refractivity (Wildman–Crippen MR) is 104 cm³/mol. The summed E-state index contributed by atoms with van der Waals surface area (Å²) in [5.74, 6) is -5.05. The lowest BCUT2D eigenvalue weighted by atomic mass is 10.1. The molecule has 2 aromatic rings. The van der Waals surface area contributed by atoms with Crippen LogP contribution in [0.3, 0.4) is 0 Å². The Hall–Kier alpha value is -3.68. The highest BCUT2D eigenvalue weighted by atomic mass is 32.2. The van der Waals surface area contributed by atoms with Crippen LogP contribution in [0.25, 0.3) is 0 Å². The van der Waals surface area contributed by atoms with Crippen LogP contribution in [-0.4, -0.2) is 44.5 Å². The molecule has 2 rings (SSSR count). The number of hydrogen-bond acceptors (Lipinski definition) is 6. The van der Waals surface area contributed by atoms with Gasteiger partial charge in [0, 0.05) is 0 Å². The van der Waals surface area contributed by atoms with Crippen molar-refractivity contribution >= 4 is 33.6 Å². The Morgan fingerprint density at radius 1 is 1.12 bits per heavy atom. The minimum Gasteiger partial charge on any atom is -0.481 e. The average Bonchev–Trinajstić information content (AvgIpc) is 2.72. The normalized spacial score (nSPS) is 12.5. The molecule has 3 N–H and O–H groups in total. The molecule has 0 saturated carbocycles. The largest absolute Gasteiger partial charge is 0.481 e. The molecule has 0 spiro atoms. The van der Waals surface area contributed by atoms with Crippen LogP contribution in [0.15, 0.2) is 47.4 Å². The van der Waals surface area contributed by atoms with E-state index in [1.807, 2.05) is 5.32 Å². The quantitative estimate of drug-likeness (QED) is 0.380. The van der Waals surface area contributed by atoms with Gasteiger partial charge in [0.05, 0.1) is 30.3 Å². The van der Waals surface area contributed by atoms with E-state index in [-0.39, 0.29) is 6.07 Å². The van der Waals surface area contributed by atoms with Crippen LogP contribution >= 0.6 is 0 Å². The predicted octanol–water partition coefficient (Wildman–Crippen LogP) is 2.39. The molecule has 1 atom stereocenters. The van der Waals surface area contributed by atoms with Gasteiger partial charge in [0.15, 0.2) is 0 Å². The number of benzene rings is 2. The summed E-state index contributed by atoms with van der Waals surface area (Å²) >= 11 is 0. The molecule has 1 amide bonds. The van der Waals surface area contributed by atoms with Crippen molar-refractivity contribution in [3.8, 4) is 0 Å². The molecule has 0 saturated heterocycles. The number of halogens is 4. The lowest BCUT2D eigenvalue weighted by Gasteiger charge is -2.18. The molecule has 9 nitrogen and oxygen atoms in total. The molecule has 33 heavy (non-hydrogen) atoms. The third-order valence-electron chi connectivity index (χ3n) is 4.12. The number of esters is 1. The molecule has 0 aromatic heterocycles. The first kappa shape index (κ1) is 25.6. The van der Waals surface area contributed by atoms with Crippen LogP contribution in [0.1, 0.15) is 22.3 Å². The van der Waals surface area contributed by atoms with Crippen molar-refractivity contribution in [3.63, 3.8) is 0 Å². The van der Waals surface area contributed by atoms with Crippen molar-refractivity contribution < 1.29 is 50.2 Å². The Kier molecular flexibility index (Phi) is 7.64. The number of carboxylic acid groups (broad SMARTS) is 1. The van der Waals surface area contributed by atoms with Crippen molar-refractivity contribution in [2.75, 3.05) is 11.8 Å². The van der Waals surface area contributed by atoms with Crippen LogP contribution in [0, 0.1) is 5.82 Å². The zero-order chi connectivity index (χ0) is 25.0. The first-order chi connectivity index (χ1) is 15.3. The van der Waals surface area contributed by atoms with Crippen LogP contribution in [0.2, 0.25) is 0 Å². The molecule has 178 valence electrons. The maximum absolute atomic E-state index is 13.3. The number of methoxy groups -OCH3 is 1. The molecule has 0 bridgehead atoms. The van der Waals surface area contributed by atoms with Crippen molar-refractivity contribution in [2.45, 2.75) is 23.5 Å². The van der Waals surface area contributed by atoms with E-state index in [9.17, 15) is 40.4 Å². The summed E-state index contributed by atoms with van der Waals surface area (Å²) in [6.45, 7) is 0. The smallest absolute Gasteiger partial charge is 0.418 e. The number of amides is 1. The molecule has 0 aliphatic heterocycles. The summed E-state index contributed by atoms with van der Waals surface area (Å²) in [4.78, 5) is 34.5. The van der Waals surface area contributed by atoms with Crippen LogP contribution in [0.5, 0.6) is 0 Å². The number of alkyl halides is 3. The van der Waals surface area contributed by atoms with Gasteiger partial charge in [-0.15, -0.1) is 0 Å². The van der Waals surface area contributed by atoms with Crippen molar-refractivity contribution in [1.82, 2.24) is 5.32 Å². The number of nitrogens with one attached hydrogen (secondary N) is 2. The summed E-state index contributed by atoms with van der Waals surface area (Å²) in [7, 11) is -3.90. The standard InChI is InChI=1S/C19H16F4N2O7S/c1-32-18(29)14(9-16(26)27)24-17(28)11-4-2-3-5-15(11)33(30,31)25-13-7-6-10(20)8-12(13)19(21,22)23/h2-8,14,25H,9H2,1H3,(H,24,28)(H,26,27). The zero-order valence-corrected chi connectivity index (χ0v) is 17.5. The van der Waals surface area contributed by atoms with Crippen LogP contribution in [0.4, 0.5) is 23.2 Å². The minimum absolute atomic E-state index is 0.101. The topological polar surface area (TPSA) is 139 Å². The van der Waals surface area contributed by atoms with E-state index >= 15 is 0 Å². The van der Waals surface area contributed by atoms with E-state index in [0.717, 1.165) is 19.2 Å². The van der Waals surface area contributed by atoms with Gasteiger partial charge in [-0.2, -0.15) is 13.2 Å². The molecular formula is C19H16F4N2O7S. The molecular weight excluding hydrogens is 476 g/mol. The maximum atomic E-state index is 13.3. The minimum atomic E-state index is -5.10. The van der Waals surface area contributed by atoms with Gasteiger partial charge >= 0.3 is 18.1 Å². The fourth-order valence-corrected chi connectivity index (χ4v) is 3.96. The molecule has 0 heterocycles. The summed E-state index contributed by atoms with van der Waals surface area (Å²) in [6, 6.07) is 3.91. The zero-order valence-electron chi connectivity index (χ0n) is 16.6. The lowest BCUT2D eigenvalue weighted by Crippen LogP contribution is -2.43. The molecule has 1 unspecified atom stereocenters. The molecule has 2 aromatic carbocycles. The number of sulfonamides is 1. The number of aliphatic carboxylic acids is 1. The fraction of sp³-hybridized carbons (Fsp3) is 0.211. The summed E-state index contributed by atoms with van der Waals surface area (Å²) < 4.78 is 84.6. The molecule has 14 heteroatoms. The summed E-state index contributed by atoms with van der Waals surface area (Å²) in [5, 5.41) is 10.9. The van der Waals surface area contributed by atoms with Gasteiger partial charge in [-0.25, -0.2) is 17.6 Å². The number of anilines is 1. The van der Waals surface area contributed by atoms with Crippen LogP contribution < -0.4 is 10.0 Å².